The van der Waals surface area contributed by atoms with Crippen molar-refractivity contribution in [2.45, 2.75) is 26.9 Å². The number of hydrogen-bond acceptors (Lipinski definition) is 5. The van der Waals surface area contributed by atoms with Gasteiger partial charge in [0.15, 0.2) is 11.9 Å². The quantitative estimate of drug-likeness (QED) is 0.408. The number of halogens is 1. The van der Waals surface area contributed by atoms with Gasteiger partial charge in [-0.2, -0.15) is 5.10 Å². The van der Waals surface area contributed by atoms with E-state index in [0.29, 0.717) is 22.2 Å². The van der Waals surface area contributed by atoms with Crippen molar-refractivity contribution in [1.29, 1.82) is 0 Å². The first kappa shape index (κ1) is 22.1. The van der Waals surface area contributed by atoms with Crippen molar-refractivity contribution in [2.24, 2.45) is 5.10 Å². The highest BCUT2D eigenvalue weighted by molar-refractivity contribution is 6.32. The number of aryl methyl sites for hydroxylation is 1. The summed E-state index contributed by atoms with van der Waals surface area (Å²) in [5.74, 6) is -0.108. The molecule has 1 aromatic heterocycles. The third kappa shape index (κ3) is 5.96. The van der Waals surface area contributed by atoms with E-state index in [2.05, 4.69) is 15.8 Å². The molecule has 1 heterocycles. The predicted molar refractivity (Wildman–Crippen MR) is 120 cm³/mol. The van der Waals surface area contributed by atoms with Gasteiger partial charge in [0, 0.05) is 5.69 Å². The van der Waals surface area contributed by atoms with Crippen LogP contribution in [-0.2, 0) is 4.79 Å². The molecule has 2 amide bonds. The molecule has 0 bridgehead atoms. The normalized spacial score (nSPS) is 12.2. The number of nitrogens with one attached hydrogen (secondary N) is 2. The lowest BCUT2D eigenvalue weighted by molar-refractivity contribution is -0.122. The van der Waals surface area contributed by atoms with Crippen molar-refractivity contribution in [1.82, 2.24) is 5.43 Å². The van der Waals surface area contributed by atoms with Gasteiger partial charge in [0.1, 0.15) is 5.75 Å². The Hall–Kier alpha value is -3.58. The summed E-state index contributed by atoms with van der Waals surface area (Å²) in [5.41, 5.74) is 5.43. The first-order chi connectivity index (χ1) is 14.8. The number of carbonyl (C=O) groups is 2. The predicted octanol–water partition coefficient (Wildman–Crippen LogP) is 4.80. The third-order valence-corrected chi connectivity index (χ3v) is 4.70. The summed E-state index contributed by atoms with van der Waals surface area (Å²) >= 11 is 6.16. The minimum Gasteiger partial charge on any atom is -0.479 e. The second kappa shape index (κ2) is 9.95. The lowest BCUT2D eigenvalue weighted by Crippen LogP contribution is -2.30. The van der Waals surface area contributed by atoms with Crippen molar-refractivity contribution in [3.63, 3.8) is 0 Å². The average Bonchev–Trinajstić information content (AvgIpc) is 3.29. The standard InChI is InChI=1S/C23H22ClN3O4/c1-14-6-11-20(19(24)13-14)31-16(3)22(28)25-18-9-7-17(8-10-18)15(2)26-27-23(29)21-5-4-12-30-21/h4-13,16H,1-3H3,(H,25,28)(H,27,29)/b26-15+/t16-/m1/s1. The van der Waals surface area contributed by atoms with Gasteiger partial charge in [-0.05, 0) is 68.3 Å². The zero-order valence-electron chi connectivity index (χ0n) is 17.3. The summed E-state index contributed by atoms with van der Waals surface area (Å²) in [4.78, 5) is 24.3. The van der Waals surface area contributed by atoms with Crippen LogP contribution in [0.3, 0.4) is 0 Å². The van der Waals surface area contributed by atoms with Crippen LogP contribution < -0.4 is 15.5 Å². The number of nitrogens with zero attached hydrogens (tertiary/aromatic N) is 1. The molecule has 3 rings (SSSR count). The molecule has 7 nitrogen and oxygen atoms in total. The van der Waals surface area contributed by atoms with Gasteiger partial charge in [0.05, 0.1) is 17.0 Å². The monoisotopic (exact) mass is 439 g/mol. The molecule has 0 saturated carbocycles. The molecule has 0 radical (unpaired) electrons. The molecule has 31 heavy (non-hydrogen) atoms. The molecule has 160 valence electrons. The van der Waals surface area contributed by atoms with Crippen LogP contribution in [0.15, 0.2) is 70.4 Å². The molecule has 2 aromatic carbocycles. The van der Waals surface area contributed by atoms with Gasteiger partial charge in [0.2, 0.25) is 0 Å². The van der Waals surface area contributed by atoms with E-state index in [4.69, 9.17) is 20.8 Å². The summed E-state index contributed by atoms with van der Waals surface area (Å²) in [5, 5.41) is 7.32. The highest BCUT2D eigenvalue weighted by Gasteiger charge is 2.16. The molecule has 0 aliphatic carbocycles. The smallest absolute Gasteiger partial charge is 0.307 e. The second-order valence-electron chi connectivity index (χ2n) is 6.88. The Bertz CT molecular complexity index is 1090. The lowest BCUT2D eigenvalue weighted by Gasteiger charge is -2.16. The maximum Gasteiger partial charge on any atom is 0.307 e. The molecule has 3 aromatic rings. The fourth-order valence-corrected chi connectivity index (χ4v) is 2.93. The molecule has 0 aliphatic rings. The Balaban J connectivity index is 1.57. The summed E-state index contributed by atoms with van der Waals surface area (Å²) in [6.07, 6.45) is 0.680. The SMILES string of the molecule is C/C(=N\NC(=O)c1ccco1)c1ccc(NC(=O)[C@@H](C)Oc2ccc(C)cc2Cl)cc1. The zero-order valence-corrected chi connectivity index (χ0v) is 18.1. The van der Waals surface area contributed by atoms with E-state index in [-0.39, 0.29) is 11.7 Å². The van der Waals surface area contributed by atoms with Crippen molar-refractivity contribution < 1.29 is 18.7 Å². The number of furan rings is 1. The van der Waals surface area contributed by atoms with Crippen LogP contribution in [0, 0.1) is 6.92 Å². The Morgan fingerprint density at radius 2 is 1.87 bits per heavy atom. The van der Waals surface area contributed by atoms with Gasteiger partial charge in [-0.3, -0.25) is 9.59 Å². The molecule has 2 N–H and O–H groups in total. The third-order valence-electron chi connectivity index (χ3n) is 4.40. The number of hydrazone groups is 1. The molecule has 0 fully saturated rings. The van der Waals surface area contributed by atoms with Crippen LogP contribution in [-0.4, -0.2) is 23.6 Å². The van der Waals surface area contributed by atoms with E-state index in [0.717, 1.165) is 11.1 Å². The van der Waals surface area contributed by atoms with Gasteiger partial charge >= 0.3 is 5.91 Å². The van der Waals surface area contributed by atoms with E-state index in [1.165, 1.54) is 6.26 Å². The minimum atomic E-state index is -0.736. The fourth-order valence-electron chi connectivity index (χ4n) is 2.65. The topological polar surface area (TPSA) is 92.9 Å². The lowest BCUT2D eigenvalue weighted by atomic mass is 10.1. The van der Waals surface area contributed by atoms with Crippen molar-refractivity contribution >= 4 is 34.8 Å². The zero-order chi connectivity index (χ0) is 22.4. The first-order valence-corrected chi connectivity index (χ1v) is 9.93. The molecular formula is C23H22ClN3O4. The van der Waals surface area contributed by atoms with E-state index in [1.54, 1.807) is 62.4 Å². The van der Waals surface area contributed by atoms with Crippen LogP contribution in [0.1, 0.15) is 35.5 Å². The molecule has 0 saturated heterocycles. The number of anilines is 1. The summed E-state index contributed by atoms with van der Waals surface area (Å²) in [7, 11) is 0. The maximum absolute atomic E-state index is 12.4. The van der Waals surface area contributed by atoms with Crippen LogP contribution in [0.4, 0.5) is 5.69 Å². The number of hydrogen-bond donors (Lipinski definition) is 2. The minimum absolute atomic E-state index is 0.179. The van der Waals surface area contributed by atoms with Crippen LogP contribution >= 0.6 is 11.6 Å². The largest absolute Gasteiger partial charge is 0.479 e. The molecule has 0 aliphatic heterocycles. The molecule has 0 unspecified atom stereocenters. The molecular weight excluding hydrogens is 418 g/mol. The van der Waals surface area contributed by atoms with Gasteiger partial charge < -0.3 is 14.5 Å². The number of amides is 2. The highest BCUT2D eigenvalue weighted by atomic mass is 35.5. The van der Waals surface area contributed by atoms with Crippen LogP contribution in [0.25, 0.3) is 0 Å². The van der Waals surface area contributed by atoms with E-state index >= 15 is 0 Å². The Morgan fingerprint density at radius 3 is 2.52 bits per heavy atom. The summed E-state index contributed by atoms with van der Waals surface area (Å²) in [6.45, 7) is 5.34. The summed E-state index contributed by atoms with van der Waals surface area (Å²) in [6, 6.07) is 15.6. The van der Waals surface area contributed by atoms with E-state index < -0.39 is 12.0 Å². The van der Waals surface area contributed by atoms with E-state index in [9.17, 15) is 9.59 Å². The Labute approximate surface area is 185 Å². The maximum atomic E-state index is 12.4. The molecule has 8 heteroatoms. The Kier molecular flexibility index (Phi) is 7.10. The van der Waals surface area contributed by atoms with Crippen LogP contribution in [0.5, 0.6) is 5.75 Å². The van der Waals surface area contributed by atoms with Crippen molar-refractivity contribution in [2.75, 3.05) is 5.32 Å². The van der Waals surface area contributed by atoms with Gasteiger partial charge in [0.25, 0.3) is 5.91 Å². The average molecular weight is 440 g/mol. The van der Waals surface area contributed by atoms with Crippen molar-refractivity contribution in [3.8, 4) is 5.75 Å². The van der Waals surface area contributed by atoms with Gasteiger partial charge in [-0.25, -0.2) is 5.43 Å². The number of ether oxygens (including phenoxy) is 1. The molecule has 0 spiro atoms. The van der Waals surface area contributed by atoms with Gasteiger partial charge in [-0.15, -0.1) is 0 Å². The molecule has 1 atom stereocenters. The number of carbonyl (C=O) groups excluding carboxylic acids is 2. The number of benzene rings is 2. The fraction of sp³-hybridized carbons (Fsp3) is 0.174. The van der Waals surface area contributed by atoms with Crippen molar-refractivity contribution in [3.05, 3.63) is 82.8 Å². The first-order valence-electron chi connectivity index (χ1n) is 9.55. The van der Waals surface area contributed by atoms with Gasteiger partial charge in [-0.1, -0.05) is 29.8 Å². The number of rotatable bonds is 7. The van der Waals surface area contributed by atoms with Crippen LogP contribution in [0.2, 0.25) is 5.02 Å². The van der Waals surface area contributed by atoms with E-state index in [1.807, 2.05) is 13.0 Å². The Morgan fingerprint density at radius 1 is 1.13 bits per heavy atom. The highest BCUT2D eigenvalue weighted by Crippen LogP contribution is 2.26. The summed E-state index contributed by atoms with van der Waals surface area (Å²) < 4.78 is 10.7. The second-order valence-corrected chi connectivity index (χ2v) is 7.28.